The lowest BCUT2D eigenvalue weighted by Gasteiger charge is -2.13. The molecule has 0 unspecified atom stereocenters. The molecule has 0 fully saturated rings. The van der Waals surface area contributed by atoms with Gasteiger partial charge in [0.1, 0.15) is 0 Å². The lowest BCUT2D eigenvalue weighted by atomic mass is 10.1. The second kappa shape index (κ2) is 9.04. The van der Waals surface area contributed by atoms with Gasteiger partial charge in [-0.2, -0.15) is 0 Å². The number of hydrogen-bond donors (Lipinski definition) is 1. The van der Waals surface area contributed by atoms with Crippen LogP contribution in [0.3, 0.4) is 0 Å². The molecule has 5 heteroatoms. The van der Waals surface area contributed by atoms with Crippen LogP contribution in [0, 0.1) is 6.92 Å². The molecule has 0 bridgehead atoms. The molecule has 0 saturated heterocycles. The van der Waals surface area contributed by atoms with Crippen LogP contribution in [0.5, 0.6) is 0 Å². The first-order valence-electron chi connectivity index (χ1n) is 7.92. The average molecular weight is 358 g/mol. The maximum atomic E-state index is 12.0. The second-order valence-corrected chi connectivity index (χ2v) is 6.04. The zero-order valence-electron chi connectivity index (χ0n) is 14.2. The zero-order chi connectivity index (χ0) is 18.2. The molecular weight excluding hydrogens is 338 g/mol. The van der Waals surface area contributed by atoms with Gasteiger partial charge in [-0.15, -0.1) is 0 Å². The fraction of sp³-hybridized carbons (Fsp3) is 0.200. The topological polar surface area (TPSA) is 55.4 Å². The summed E-state index contributed by atoms with van der Waals surface area (Å²) in [5.41, 5.74) is 2.80. The van der Waals surface area contributed by atoms with E-state index in [0.29, 0.717) is 5.02 Å². The Balaban J connectivity index is 1.83. The van der Waals surface area contributed by atoms with Crippen molar-refractivity contribution in [3.63, 3.8) is 0 Å². The summed E-state index contributed by atoms with van der Waals surface area (Å²) in [5.74, 6) is -0.945. The van der Waals surface area contributed by atoms with Crippen molar-refractivity contribution in [3.8, 4) is 0 Å². The molecular formula is C20H20ClNO3. The number of halogens is 1. The van der Waals surface area contributed by atoms with Gasteiger partial charge in [-0.05, 0) is 37.1 Å². The first-order valence-corrected chi connectivity index (χ1v) is 8.30. The Morgan fingerprint density at radius 2 is 1.96 bits per heavy atom. The first-order chi connectivity index (χ1) is 12.0. The SMILES string of the molecule is Cc1cccc(/C=C/C(=O)O[C@H](C)C(=O)NCc2ccccc2Cl)c1. The number of nitrogens with one attached hydrogen (secondary N) is 1. The monoisotopic (exact) mass is 357 g/mol. The molecule has 2 aromatic rings. The van der Waals surface area contributed by atoms with E-state index in [0.717, 1.165) is 16.7 Å². The summed E-state index contributed by atoms with van der Waals surface area (Å²) in [5, 5.41) is 3.28. The molecule has 0 spiro atoms. The van der Waals surface area contributed by atoms with Crippen LogP contribution in [0.15, 0.2) is 54.6 Å². The number of carbonyl (C=O) groups excluding carboxylic acids is 2. The lowest BCUT2D eigenvalue weighted by molar-refractivity contribution is -0.150. The molecule has 130 valence electrons. The summed E-state index contributed by atoms with van der Waals surface area (Å²) in [6.45, 7) is 3.78. The maximum Gasteiger partial charge on any atom is 0.331 e. The summed E-state index contributed by atoms with van der Waals surface area (Å²) in [7, 11) is 0. The van der Waals surface area contributed by atoms with Crippen LogP contribution in [0.25, 0.3) is 6.08 Å². The van der Waals surface area contributed by atoms with E-state index in [1.165, 1.54) is 13.0 Å². The number of carbonyl (C=O) groups is 2. The summed E-state index contributed by atoms with van der Waals surface area (Å²) >= 11 is 6.04. The van der Waals surface area contributed by atoms with E-state index in [2.05, 4.69) is 5.32 Å². The molecule has 2 aromatic carbocycles. The van der Waals surface area contributed by atoms with E-state index >= 15 is 0 Å². The van der Waals surface area contributed by atoms with E-state index in [4.69, 9.17) is 16.3 Å². The zero-order valence-corrected chi connectivity index (χ0v) is 14.9. The van der Waals surface area contributed by atoms with Crippen LogP contribution in [-0.4, -0.2) is 18.0 Å². The Morgan fingerprint density at radius 1 is 1.20 bits per heavy atom. The third-order valence-corrected chi connectivity index (χ3v) is 3.90. The third-order valence-electron chi connectivity index (χ3n) is 3.53. The van der Waals surface area contributed by atoms with Crippen LogP contribution in [-0.2, 0) is 20.9 Å². The van der Waals surface area contributed by atoms with Gasteiger partial charge in [0.2, 0.25) is 0 Å². The number of ether oxygens (including phenoxy) is 1. The van der Waals surface area contributed by atoms with Crippen molar-refractivity contribution >= 4 is 29.6 Å². The van der Waals surface area contributed by atoms with Crippen LogP contribution in [0.2, 0.25) is 5.02 Å². The first kappa shape index (κ1) is 18.7. The molecule has 1 amide bonds. The fourth-order valence-corrected chi connectivity index (χ4v) is 2.38. The van der Waals surface area contributed by atoms with Crippen molar-refractivity contribution < 1.29 is 14.3 Å². The Morgan fingerprint density at radius 3 is 2.68 bits per heavy atom. The molecule has 2 rings (SSSR count). The second-order valence-electron chi connectivity index (χ2n) is 5.64. The van der Waals surface area contributed by atoms with Crippen molar-refractivity contribution in [3.05, 3.63) is 76.3 Å². The molecule has 1 atom stereocenters. The van der Waals surface area contributed by atoms with E-state index in [-0.39, 0.29) is 12.5 Å². The van der Waals surface area contributed by atoms with Crippen molar-refractivity contribution in [2.45, 2.75) is 26.5 Å². The minimum atomic E-state index is -0.892. The largest absolute Gasteiger partial charge is 0.449 e. The van der Waals surface area contributed by atoms with Crippen molar-refractivity contribution in [1.82, 2.24) is 5.32 Å². The highest BCUT2D eigenvalue weighted by atomic mass is 35.5. The highest BCUT2D eigenvalue weighted by Crippen LogP contribution is 2.14. The van der Waals surface area contributed by atoms with Crippen molar-refractivity contribution in [2.24, 2.45) is 0 Å². The van der Waals surface area contributed by atoms with Gasteiger partial charge in [-0.25, -0.2) is 4.79 Å². The predicted octanol–water partition coefficient (Wildman–Crippen LogP) is 3.91. The molecule has 0 aliphatic rings. The summed E-state index contributed by atoms with van der Waals surface area (Å²) in [4.78, 5) is 23.9. The molecule has 0 aromatic heterocycles. The standard InChI is InChI=1S/C20H20ClNO3/c1-14-6-5-7-16(12-14)10-11-19(23)25-15(2)20(24)22-13-17-8-3-4-9-18(17)21/h3-12,15H,13H2,1-2H3,(H,22,24)/b11-10+/t15-/m1/s1. The van der Waals surface area contributed by atoms with Crippen LogP contribution in [0.1, 0.15) is 23.6 Å². The molecule has 0 radical (unpaired) electrons. The van der Waals surface area contributed by atoms with E-state index in [1.807, 2.05) is 49.4 Å². The summed E-state index contributed by atoms with van der Waals surface area (Å²) < 4.78 is 5.11. The fourth-order valence-electron chi connectivity index (χ4n) is 2.17. The van der Waals surface area contributed by atoms with Gasteiger partial charge in [-0.3, -0.25) is 4.79 Å². The number of rotatable bonds is 6. The number of hydrogen-bond acceptors (Lipinski definition) is 3. The molecule has 0 aliphatic heterocycles. The van der Waals surface area contributed by atoms with Crippen LogP contribution >= 0.6 is 11.6 Å². The molecule has 1 N–H and O–H groups in total. The smallest absolute Gasteiger partial charge is 0.331 e. The van der Waals surface area contributed by atoms with Gasteiger partial charge in [0.25, 0.3) is 5.91 Å². The van der Waals surface area contributed by atoms with Crippen molar-refractivity contribution in [1.29, 1.82) is 0 Å². The van der Waals surface area contributed by atoms with Crippen LogP contribution in [0.4, 0.5) is 0 Å². The molecule has 0 aliphatic carbocycles. The number of esters is 1. The highest BCUT2D eigenvalue weighted by Gasteiger charge is 2.16. The Labute approximate surface area is 152 Å². The molecule has 4 nitrogen and oxygen atoms in total. The predicted molar refractivity (Wildman–Crippen MR) is 99.1 cm³/mol. The van der Waals surface area contributed by atoms with Gasteiger partial charge in [0.15, 0.2) is 6.10 Å². The number of benzene rings is 2. The van der Waals surface area contributed by atoms with Gasteiger partial charge in [0.05, 0.1) is 0 Å². The maximum absolute atomic E-state index is 12.0. The Bertz CT molecular complexity index is 786. The number of amides is 1. The van der Waals surface area contributed by atoms with Crippen molar-refractivity contribution in [2.75, 3.05) is 0 Å². The Kier molecular flexibility index (Phi) is 6.78. The average Bonchev–Trinajstić information content (AvgIpc) is 2.59. The third kappa shape index (κ3) is 6.08. The molecule has 25 heavy (non-hydrogen) atoms. The molecule has 0 saturated carbocycles. The van der Waals surface area contributed by atoms with Gasteiger partial charge in [0, 0.05) is 17.6 Å². The van der Waals surface area contributed by atoms with E-state index in [9.17, 15) is 9.59 Å². The lowest BCUT2D eigenvalue weighted by Crippen LogP contribution is -2.35. The quantitative estimate of drug-likeness (QED) is 0.630. The van der Waals surface area contributed by atoms with E-state index < -0.39 is 12.1 Å². The minimum Gasteiger partial charge on any atom is -0.449 e. The van der Waals surface area contributed by atoms with E-state index in [1.54, 1.807) is 12.1 Å². The van der Waals surface area contributed by atoms with Gasteiger partial charge in [-0.1, -0.05) is 59.6 Å². The Hall–Kier alpha value is -2.59. The van der Waals surface area contributed by atoms with Gasteiger partial charge >= 0.3 is 5.97 Å². The minimum absolute atomic E-state index is 0.277. The summed E-state index contributed by atoms with van der Waals surface area (Å²) in [6.07, 6.45) is 2.08. The highest BCUT2D eigenvalue weighted by molar-refractivity contribution is 6.31. The summed E-state index contributed by atoms with van der Waals surface area (Å²) in [6, 6.07) is 14.9. The normalized spacial score (nSPS) is 12.0. The number of aryl methyl sites for hydroxylation is 1. The van der Waals surface area contributed by atoms with Crippen LogP contribution < -0.4 is 5.32 Å². The molecule has 0 heterocycles. The van der Waals surface area contributed by atoms with Gasteiger partial charge < -0.3 is 10.1 Å².